The Hall–Kier alpha value is -1.32. The summed E-state index contributed by atoms with van der Waals surface area (Å²) in [6.45, 7) is 5.42. The fraction of sp³-hybridized carbons (Fsp3) is 0.765. The van der Waals surface area contributed by atoms with E-state index in [1.54, 1.807) is 0 Å². The molecule has 0 radical (unpaired) electrons. The van der Waals surface area contributed by atoms with E-state index in [0.29, 0.717) is 0 Å². The van der Waals surface area contributed by atoms with Gasteiger partial charge in [0.1, 0.15) is 5.82 Å². The Labute approximate surface area is 129 Å². The van der Waals surface area contributed by atoms with Gasteiger partial charge < -0.3 is 10.1 Å². The molecule has 2 N–H and O–H groups in total. The van der Waals surface area contributed by atoms with E-state index in [0.717, 1.165) is 19.2 Å². The van der Waals surface area contributed by atoms with Crippen LogP contribution in [0, 0.1) is 6.92 Å². The van der Waals surface area contributed by atoms with Crippen LogP contribution in [0.25, 0.3) is 0 Å². The number of nitrogens with zero attached hydrogens (tertiary/aromatic N) is 1. The molecule has 0 saturated carbocycles. The van der Waals surface area contributed by atoms with Crippen LogP contribution in [0.1, 0.15) is 83.2 Å². The highest BCUT2D eigenvalue weighted by Crippen LogP contribution is 2.10. The Morgan fingerprint density at radius 1 is 1.10 bits per heavy atom. The second kappa shape index (κ2) is 13.7. The molecule has 0 unspecified atom stereocenters. The van der Waals surface area contributed by atoms with Crippen LogP contribution in [0.15, 0.2) is 6.20 Å². The molecular formula is C17H32N2O2. The number of rotatable bonds is 10. The molecule has 0 bridgehead atoms. The van der Waals surface area contributed by atoms with Crippen molar-refractivity contribution < 1.29 is 9.90 Å². The van der Waals surface area contributed by atoms with Gasteiger partial charge >= 0.3 is 0 Å². The number of carboxylic acids is 1. The van der Waals surface area contributed by atoms with E-state index in [4.69, 9.17) is 9.90 Å². The number of unbranched alkanes of at least 4 members (excludes halogenated alkanes) is 8. The summed E-state index contributed by atoms with van der Waals surface area (Å²) in [7, 11) is 0. The Kier molecular flexibility index (Phi) is 12.8. The van der Waals surface area contributed by atoms with Crippen LogP contribution < -0.4 is 0 Å². The van der Waals surface area contributed by atoms with Gasteiger partial charge in [-0.3, -0.25) is 4.79 Å². The Morgan fingerprint density at radius 3 is 2.00 bits per heavy atom. The largest absolute Gasteiger partial charge is 0.481 e. The number of hydrogen-bond acceptors (Lipinski definition) is 2. The molecule has 1 heterocycles. The van der Waals surface area contributed by atoms with E-state index in [9.17, 15) is 0 Å². The lowest BCUT2D eigenvalue weighted by Gasteiger charge is -2.01. The van der Waals surface area contributed by atoms with Gasteiger partial charge in [-0.1, -0.05) is 58.3 Å². The highest BCUT2D eigenvalue weighted by molar-refractivity contribution is 5.62. The molecule has 0 aliphatic rings. The van der Waals surface area contributed by atoms with Crippen LogP contribution in [0.2, 0.25) is 0 Å². The number of aryl methyl sites for hydroxylation is 2. The van der Waals surface area contributed by atoms with Gasteiger partial charge in [0.05, 0.1) is 0 Å². The molecule has 1 aromatic heterocycles. The second-order valence-corrected chi connectivity index (χ2v) is 5.61. The molecule has 0 aromatic carbocycles. The zero-order chi connectivity index (χ0) is 15.9. The normalized spacial score (nSPS) is 10.0. The molecule has 0 aliphatic carbocycles. The first-order valence-corrected chi connectivity index (χ1v) is 8.26. The smallest absolute Gasteiger partial charge is 0.300 e. The number of carbonyl (C=O) groups is 1. The summed E-state index contributed by atoms with van der Waals surface area (Å²) < 4.78 is 0. The first-order chi connectivity index (χ1) is 10.1. The van der Waals surface area contributed by atoms with Crippen molar-refractivity contribution in [1.29, 1.82) is 0 Å². The van der Waals surface area contributed by atoms with Crippen molar-refractivity contribution in [2.45, 2.75) is 85.0 Å². The Bertz CT molecular complexity index is 357. The number of H-pyrrole nitrogens is 1. The maximum absolute atomic E-state index is 9.00. The Morgan fingerprint density at radius 2 is 1.57 bits per heavy atom. The van der Waals surface area contributed by atoms with Crippen molar-refractivity contribution in [3.63, 3.8) is 0 Å². The molecule has 0 saturated heterocycles. The summed E-state index contributed by atoms with van der Waals surface area (Å²) >= 11 is 0. The van der Waals surface area contributed by atoms with E-state index in [-0.39, 0.29) is 0 Å². The van der Waals surface area contributed by atoms with Crippen LogP contribution in [0.3, 0.4) is 0 Å². The van der Waals surface area contributed by atoms with Gasteiger partial charge in [0.15, 0.2) is 0 Å². The summed E-state index contributed by atoms with van der Waals surface area (Å²) in [6, 6.07) is 0. The lowest BCUT2D eigenvalue weighted by atomic mass is 10.1. The molecule has 0 atom stereocenters. The van der Waals surface area contributed by atoms with Gasteiger partial charge in [0, 0.05) is 25.2 Å². The van der Waals surface area contributed by atoms with Gasteiger partial charge in [0.25, 0.3) is 5.97 Å². The van der Waals surface area contributed by atoms with E-state index in [2.05, 4.69) is 23.8 Å². The first kappa shape index (κ1) is 19.7. The molecule has 21 heavy (non-hydrogen) atoms. The predicted molar refractivity (Wildman–Crippen MR) is 87.6 cm³/mol. The second-order valence-electron chi connectivity index (χ2n) is 5.61. The summed E-state index contributed by atoms with van der Waals surface area (Å²) in [5, 5.41) is 7.42. The van der Waals surface area contributed by atoms with Crippen molar-refractivity contribution >= 4 is 5.97 Å². The molecule has 0 spiro atoms. The van der Waals surface area contributed by atoms with Crippen molar-refractivity contribution in [3.8, 4) is 0 Å². The van der Waals surface area contributed by atoms with Crippen LogP contribution in [0.5, 0.6) is 0 Å². The number of aromatic amines is 1. The molecule has 0 aliphatic heterocycles. The number of imidazole rings is 1. The lowest BCUT2D eigenvalue weighted by molar-refractivity contribution is -0.134. The minimum Gasteiger partial charge on any atom is -0.481 e. The van der Waals surface area contributed by atoms with Gasteiger partial charge in [-0.05, 0) is 13.3 Å². The quantitative estimate of drug-likeness (QED) is 0.604. The number of hydrogen-bond donors (Lipinski definition) is 2. The molecule has 4 heteroatoms. The highest BCUT2D eigenvalue weighted by atomic mass is 16.4. The van der Waals surface area contributed by atoms with Crippen LogP contribution in [-0.2, 0) is 11.2 Å². The molecule has 122 valence electrons. The van der Waals surface area contributed by atoms with Crippen LogP contribution >= 0.6 is 0 Å². The fourth-order valence-electron chi connectivity index (χ4n) is 2.20. The van der Waals surface area contributed by atoms with Crippen molar-refractivity contribution in [2.24, 2.45) is 0 Å². The monoisotopic (exact) mass is 296 g/mol. The third kappa shape index (κ3) is 14.9. The number of aromatic nitrogens is 2. The maximum Gasteiger partial charge on any atom is 0.300 e. The van der Waals surface area contributed by atoms with E-state index < -0.39 is 5.97 Å². The van der Waals surface area contributed by atoms with Gasteiger partial charge in [0.2, 0.25) is 0 Å². The summed E-state index contributed by atoms with van der Waals surface area (Å²) in [6.07, 6.45) is 15.5. The topological polar surface area (TPSA) is 66.0 Å². The third-order valence-electron chi connectivity index (χ3n) is 3.27. The summed E-state index contributed by atoms with van der Waals surface area (Å²) in [4.78, 5) is 16.6. The Balaban J connectivity index is 0.000000885. The van der Waals surface area contributed by atoms with Crippen molar-refractivity contribution in [1.82, 2.24) is 9.97 Å². The highest BCUT2D eigenvalue weighted by Gasteiger charge is 1.97. The van der Waals surface area contributed by atoms with Gasteiger partial charge in [-0.25, -0.2) is 4.98 Å². The van der Waals surface area contributed by atoms with Gasteiger partial charge in [-0.2, -0.15) is 0 Å². The number of aliphatic carboxylic acids is 1. The average molecular weight is 296 g/mol. The lowest BCUT2D eigenvalue weighted by Crippen LogP contribution is -1.89. The molecule has 1 rings (SSSR count). The van der Waals surface area contributed by atoms with Crippen molar-refractivity contribution in [3.05, 3.63) is 17.7 Å². The molecule has 4 nitrogen and oxygen atoms in total. The van der Waals surface area contributed by atoms with Gasteiger partial charge in [-0.15, -0.1) is 0 Å². The fourth-order valence-corrected chi connectivity index (χ4v) is 2.20. The molecule has 0 amide bonds. The average Bonchev–Trinajstić information content (AvgIpc) is 2.82. The SMILES string of the molecule is CC(=O)O.CCCCCCCCCCCc1ncc(C)[nH]1. The van der Waals surface area contributed by atoms with Crippen LogP contribution in [-0.4, -0.2) is 21.0 Å². The molecular weight excluding hydrogens is 264 g/mol. The van der Waals surface area contributed by atoms with Crippen molar-refractivity contribution in [2.75, 3.05) is 0 Å². The minimum atomic E-state index is -0.833. The zero-order valence-corrected chi connectivity index (χ0v) is 14.0. The van der Waals surface area contributed by atoms with E-state index in [1.807, 2.05) is 6.20 Å². The summed E-state index contributed by atoms with van der Waals surface area (Å²) in [5.41, 5.74) is 1.18. The zero-order valence-electron chi connectivity index (χ0n) is 14.0. The maximum atomic E-state index is 9.00. The standard InChI is InChI=1S/C15H28N2.C2H4O2/c1-3-4-5-6-7-8-9-10-11-12-15-16-13-14(2)17-15;1-2(3)4/h13H,3-12H2,1-2H3,(H,16,17);1H3,(H,3,4). The third-order valence-corrected chi connectivity index (χ3v) is 3.27. The first-order valence-electron chi connectivity index (χ1n) is 8.26. The number of carboxylic acid groups (broad SMARTS) is 1. The van der Waals surface area contributed by atoms with Crippen LogP contribution in [0.4, 0.5) is 0 Å². The minimum absolute atomic E-state index is 0.833. The molecule has 1 aromatic rings. The summed E-state index contributed by atoms with van der Waals surface area (Å²) in [5.74, 6) is 0.324. The van der Waals surface area contributed by atoms with E-state index in [1.165, 1.54) is 63.5 Å². The molecule has 0 fully saturated rings. The van der Waals surface area contributed by atoms with E-state index >= 15 is 0 Å². The number of nitrogens with one attached hydrogen (secondary N) is 1. The predicted octanol–water partition coefficient (Wildman–Crippen LogP) is 4.88.